The van der Waals surface area contributed by atoms with Crippen LogP contribution in [-0.2, 0) is 0 Å². The highest BCUT2D eigenvalue weighted by Crippen LogP contribution is 2.03. The molecule has 0 saturated heterocycles. The minimum absolute atomic E-state index is 0.485. The summed E-state index contributed by atoms with van der Waals surface area (Å²) in [6.45, 7) is 3.18. The Morgan fingerprint density at radius 2 is 2.25 bits per heavy atom. The first kappa shape index (κ1) is 4.42. The van der Waals surface area contributed by atoms with Gasteiger partial charge in [0.1, 0.15) is 0 Å². The highest BCUT2D eigenvalue weighted by molar-refractivity contribution is 7.66. The topological polar surface area (TPSA) is 0 Å². The molecular formula is CH4BFP. The summed E-state index contributed by atoms with van der Waals surface area (Å²) in [5, 5.41) is 0. The molecule has 0 rings (SSSR count). The van der Waals surface area contributed by atoms with E-state index in [0.29, 0.717) is 0 Å². The second-order valence-corrected chi connectivity index (χ2v) is 1.19. The van der Waals surface area contributed by atoms with Crippen LogP contribution in [0.5, 0.6) is 0 Å². The molecule has 0 amide bonds. The Morgan fingerprint density at radius 3 is 2.25 bits per heavy atom. The molecule has 0 bridgehead atoms. The first-order valence-corrected chi connectivity index (χ1v) is 2.01. The maximum Gasteiger partial charge on any atom is 0.183 e. The fraction of sp³-hybridized carbons (Fsp3) is 1.00. The quantitative estimate of drug-likeness (QED) is 0.326. The predicted octanol–water partition coefficient (Wildman–Crippen LogP) is 1.22. The second kappa shape index (κ2) is 3.42. The van der Waals surface area contributed by atoms with Crippen molar-refractivity contribution in [3.8, 4) is 0 Å². The van der Waals surface area contributed by atoms with E-state index in [1.165, 1.54) is 7.00 Å². The van der Waals surface area contributed by atoms with E-state index in [1.807, 2.05) is 0 Å². The highest BCUT2D eigenvalue weighted by atomic mass is 31.1. The Kier molecular flexibility index (Phi) is 3.79. The number of rotatable bonds is 1. The molecular weight excluding hydrogens is 72.8 g/mol. The maximum absolute atomic E-state index is 10.7. The lowest BCUT2D eigenvalue weighted by Gasteiger charge is -1.60. The van der Waals surface area contributed by atoms with Crippen LogP contribution in [0.25, 0.3) is 0 Å². The first-order chi connectivity index (χ1) is 1.91. The Labute approximate surface area is 27.9 Å². The standard InChI is InChI=1S/CH4BFP/c1-2-4-3/h4H,1H3. The van der Waals surface area contributed by atoms with Crippen molar-refractivity contribution in [1.82, 2.24) is 0 Å². The number of hydrogen-bond donors (Lipinski definition) is 0. The van der Waals surface area contributed by atoms with Gasteiger partial charge in [-0.15, -0.1) is 0 Å². The van der Waals surface area contributed by atoms with Gasteiger partial charge >= 0.3 is 0 Å². The Balaban J connectivity index is 1.97. The van der Waals surface area contributed by atoms with Gasteiger partial charge in [0.05, 0.1) is 0 Å². The van der Waals surface area contributed by atoms with Crippen molar-refractivity contribution in [2.75, 3.05) is 0 Å². The van der Waals surface area contributed by atoms with Crippen molar-refractivity contribution >= 4 is 15.8 Å². The van der Waals surface area contributed by atoms with Crippen LogP contribution in [0.3, 0.4) is 0 Å². The van der Waals surface area contributed by atoms with E-state index in [2.05, 4.69) is 0 Å². The summed E-state index contributed by atoms with van der Waals surface area (Å²) in [5.41, 5.74) is 0. The molecule has 0 saturated carbocycles. The van der Waals surface area contributed by atoms with Crippen molar-refractivity contribution in [2.45, 2.75) is 6.82 Å². The molecule has 0 aromatic heterocycles. The van der Waals surface area contributed by atoms with E-state index in [1.54, 1.807) is 6.82 Å². The second-order valence-electron chi connectivity index (χ2n) is 0.398. The molecule has 4 heavy (non-hydrogen) atoms. The van der Waals surface area contributed by atoms with Gasteiger partial charge in [-0.3, -0.25) is 0 Å². The molecule has 0 spiro atoms. The van der Waals surface area contributed by atoms with Crippen molar-refractivity contribution in [3.05, 3.63) is 0 Å². The van der Waals surface area contributed by atoms with Crippen LogP contribution in [0.15, 0.2) is 0 Å². The van der Waals surface area contributed by atoms with Crippen LogP contribution >= 0.6 is 8.77 Å². The van der Waals surface area contributed by atoms with Gasteiger partial charge in [-0.1, -0.05) is 6.82 Å². The number of hydrogen-bond acceptors (Lipinski definition) is 0. The van der Waals surface area contributed by atoms with Crippen molar-refractivity contribution in [3.63, 3.8) is 0 Å². The van der Waals surface area contributed by atoms with Gasteiger partial charge in [0.2, 0.25) is 0 Å². The smallest absolute Gasteiger partial charge is 0.183 e. The Bertz CT molecular complexity index is 10.0. The van der Waals surface area contributed by atoms with Crippen LogP contribution in [0, 0.1) is 0 Å². The first-order valence-electron chi connectivity index (χ1n) is 1.06. The molecule has 1 unspecified atom stereocenters. The van der Waals surface area contributed by atoms with Gasteiger partial charge in [0.15, 0.2) is 7.00 Å². The summed E-state index contributed by atoms with van der Waals surface area (Å²) in [6, 6.07) is 0. The molecule has 0 aromatic carbocycles. The van der Waals surface area contributed by atoms with E-state index in [-0.39, 0.29) is 0 Å². The molecule has 0 aliphatic rings. The van der Waals surface area contributed by atoms with Gasteiger partial charge in [0, 0.05) is 8.77 Å². The van der Waals surface area contributed by atoms with Crippen LogP contribution in [-0.4, -0.2) is 7.00 Å². The maximum atomic E-state index is 10.7. The molecule has 0 heterocycles. The van der Waals surface area contributed by atoms with E-state index in [0.717, 1.165) is 0 Å². The zero-order valence-corrected chi connectivity index (χ0v) is 3.46. The third-order valence-corrected chi connectivity index (χ3v) is 0.327. The van der Waals surface area contributed by atoms with Gasteiger partial charge in [0.25, 0.3) is 0 Å². The fourth-order valence-corrected chi connectivity index (χ4v) is 0. The monoisotopic (exact) mass is 77.0 g/mol. The average Bonchev–Trinajstić information content (AvgIpc) is 1.37. The normalized spacial score (nSPS) is 9.50. The van der Waals surface area contributed by atoms with E-state index >= 15 is 0 Å². The Morgan fingerprint density at radius 1 is 2.00 bits per heavy atom. The van der Waals surface area contributed by atoms with Crippen molar-refractivity contribution in [2.24, 2.45) is 0 Å². The zero-order chi connectivity index (χ0) is 3.41. The summed E-state index contributed by atoms with van der Waals surface area (Å²) >= 11 is 0. The van der Waals surface area contributed by atoms with Gasteiger partial charge in [-0.2, -0.15) is 0 Å². The van der Waals surface area contributed by atoms with Crippen LogP contribution in [0.1, 0.15) is 0 Å². The summed E-state index contributed by atoms with van der Waals surface area (Å²) in [5.74, 6) is 0. The lowest BCUT2D eigenvalue weighted by Crippen LogP contribution is -1.50. The summed E-state index contributed by atoms with van der Waals surface area (Å²) < 4.78 is 10.7. The molecule has 1 radical (unpaired) electrons. The molecule has 0 aliphatic heterocycles. The average molecular weight is 76.8 g/mol. The minimum Gasteiger partial charge on any atom is -0.242 e. The van der Waals surface area contributed by atoms with Gasteiger partial charge < -0.3 is 0 Å². The fourth-order valence-electron chi connectivity index (χ4n) is 0. The van der Waals surface area contributed by atoms with Crippen LogP contribution < -0.4 is 0 Å². The number of halogens is 1. The van der Waals surface area contributed by atoms with Crippen molar-refractivity contribution < 1.29 is 4.20 Å². The Hall–Kier alpha value is 0.425. The molecule has 0 aromatic rings. The molecule has 1 atom stereocenters. The molecule has 0 N–H and O–H groups in total. The summed E-state index contributed by atoms with van der Waals surface area (Å²) in [7, 11) is -0.485. The third-order valence-electron chi connectivity index (χ3n) is 0.109. The highest BCUT2D eigenvalue weighted by Gasteiger charge is 1.66. The molecule has 3 heteroatoms. The van der Waals surface area contributed by atoms with E-state index in [4.69, 9.17) is 0 Å². The molecule has 0 aliphatic carbocycles. The molecule has 23 valence electrons. The summed E-state index contributed by atoms with van der Waals surface area (Å²) in [4.78, 5) is 0. The van der Waals surface area contributed by atoms with Crippen LogP contribution in [0.4, 0.5) is 4.20 Å². The van der Waals surface area contributed by atoms with Crippen molar-refractivity contribution in [1.29, 1.82) is 0 Å². The van der Waals surface area contributed by atoms with E-state index < -0.39 is 8.77 Å². The van der Waals surface area contributed by atoms with Gasteiger partial charge in [-0.05, 0) is 0 Å². The van der Waals surface area contributed by atoms with Crippen LogP contribution in [0.2, 0.25) is 6.82 Å². The molecule has 0 nitrogen and oxygen atoms in total. The third kappa shape index (κ3) is 2.42. The van der Waals surface area contributed by atoms with Gasteiger partial charge in [-0.25, -0.2) is 4.20 Å². The summed E-state index contributed by atoms with van der Waals surface area (Å²) in [6.07, 6.45) is 0. The predicted molar refractivity (Wildman–Crippen MR) is 21.0 cm³/mol. The molecule has 0 fully saturated rings. The minimum atomic E-state index is -0.485. The lowest BCUT2D eigenvalue weighted by atomic mass is 10.2. The van der Waals surface area contributed by atoms with E-state index in [9.17, 15) is 4.20 Å². The zero-order valence-electron chi connectivity index (χ0n) is 2.46. The SMILES string of the molecule is C[B]PF. The lowest BCUT2D eigenvalue weighted by molar-refractivity contribution is 0.934. The largest absolute Gasteiger partial charge is 0.242 e.